The van der Waals surface area contributed by atoms with Crippen LogP contribution in [0.2, 0.25) is 0 Å². The van der Waals surface area contributed by atoms with Crippen LogP contribution in [0.4, 0.5) is 0 Å². The highest BCUT2D eigenvalue weighted by molar-refractivity contribution is 5.70. The van der Waals surface area contributed by atoms with Crippen LogP contribution in [0.25, 0.3) is 0 Å². The summed E-state index contributed by atoms with van der Waals surface area (Å²) in [5.74, 6) is -0.0814. The van der Waals surface area contributed by atoms with Crippen molar-refractivity contribution in [3.05, 3.63) is 42.0 Å². The molecule has 1 N–H and O–H groups in total. The third-order valence-corrected chi connectivity index (χ3v) is 3.64. The van der Waals surface area contributed by atoms with Crippen LogP contribution >= 0.6 is 0 Å². The summed E-state index contributed by atoms with van der Waals surface area (Å²) < 4.78 is 5.64. The molecule has 1 aromatic carbocycles. The molecule has 1 aliphatic heterocycles. The van der Waals surface area contributed by atoms with Gasteiger partial charge in [-0.3, -0.25) is 9.69 Å². The Morgan fingerprint density at radius 2 is 2.33 bits per heavy atom. The van der Waals surface area contributed by atoms with E-state index in [-0.39, 0.29) is 5.92 Å². The molecule has 1 aromatic rings. The minimum Gasteiger partial charge on any atom is -0.489 e. The fraction of sp³-hybridized carbons (Fsp3) is 0.471. The first kappa shape index (κ1) is 15.6. The smallest absolute Gasteiger partial charge is 0.307 e. The number of carboxylic acid groups (broad SMARTS) is 1. The van der Waals surface area contributed by atoms with Crippen molar-refractivity contribution < 1.29 is 14.6 Å². The van der Waals surface area contributed by atoms with Crippen LogP contribution in [-0.2, 0) is 11.3 Å². The second-order valence-corrected chi connectivity index (χ2v) is 5.81. The highest BCUT2D eigenvalue weighted by Gasteiger charge is 2.25. The summed E-state index contributed by atoms with van der Waals surface area (Å²) in [6.45, 7) is 8.64. The molecule has 1 atom stereocenters. The summed E-state index contributed by atoms with van der Waals surface area (Å²) in [4.78, 5) is 13.3. The highest BCUT2D eigenvalue weighted by atomic mass is 16.5. The molecule has 1 saturated heterocycles. The first-order chi connectivity index (χ1) is 10.0. The second-order valence-electron chi connectivity index (χ2n) is 5.81. The van der Waals surface area contributed by atoms with E-state index in [2.05, 4.69) is 17.5 Å². The van der Waals surface area contributed by atoms with Gasteiger partial charge in [0, 0.05) is 13.1 Å². The molecule has 1 unspecified atom stereocenters. The lowest BCUT2D eigenvalue weighted by atomic mass is 9.98. The molecule has 4 heteroatoms. The number of hydrogen-bond acceptors (Lipinski definition) is 3. The molecule has 0 radical (unpaired) electrons. The number of likely N-dealkylation sites (tertiary alicyclic amines) is 1. The average Bonchev–Trinajstić information content (AvgIpc) is 2.46. The van der Waals surface area contributed by atoms with Crippen LogP contribution in [0.3, 0.4) is 0 Å². The molecule has 0 aliphatic carbocycles. The Balaban J connectivity index is 1.94. The summed E-state index contributed by atoms with van der Waals surface area (Å²) in [6.07, 6.45) is 1.73. The van der Waals surface area contributed by atoms with Gasteiger partial charge in [-0.15, -0.1) is 0 Å². The lowest BCUT2D eigenvalue weighted by molar-refractivity contribution is -0.143. The Bertz CT molecular complexity index is 513. The van der Waals surface area contributed by atoms with E-state index >= 15 is 0 Å². The molecular weight excluding hydrogens is 266 g/mol. The molecular formula is C17H23NO3. The Kier molecular flexibility index (Phi) is 5.39. The van der Waals surface area contributed by atoms with E-state index in [1.54, 1.807) is 0 Å². The maximum atomic E-state index is 11.1. The number of carbonyl (C=O) groups is 1. The topological polar surface area (TPSA) is 49.8 Å². The Labute approximate surface area is 126 Å². The molecule has 1 aliphatic rings. The van der Waals surface area contributed by atoms with Crippen molar-refractivity contribution in [2.24, 2.45) is 5.92 Å². The number of piperidine rings is 1. The van der Waals surface area contributed by atoms with Crippen molar-refractivity contribution in [1.82, 2.24) is 4.90 Å². The number of rotatable bonds is 6. The quantitative estimate of drug-likeness (QED) is 0.818. The SMILES string of the molecule is C=C(C)COc1cccc(CN2CCCC(C(=O)O)C2)c1. The number of hydrogen-bond donors (Lipinski definition) is 1. The number of aliphatic carboxylic acids is 1. The Morgan fingerprint density at radius 3 is 3.05 bits per heavy atom. The normalized spacial score (nSPS) is 19.2. The molecule has 1 heterocycles. The molecule has 2 rings (SSSR count). The lowest BCUT2D eigenvalue weighted by Gasteiger charge is -2.30. The molecule has 0 spiro atoms. The third-order valence-electron chi connectivity index (χ3n) is 3.64. The summed E-state index contributed by atoms with van der Waals surface area (Å²) in [5.41, 5.74) is 2.14. The van der Waals surface area contributed by atoms with Crippen LogP contribution < -0.4 is 4.74 Å². The standard InChI is InChI=1S/C17H23NO3/c1-13(2)12-21-16-7-3-5-14(9-16)10-18-8-4-6-15(11-18)17(19)20/h3,5,7,9,15H,1,4,6,8,10-12H2,2H3,(H,19,20). The van der Waals surface area contributed by atoms with Crippen LogP contribution in [0.1, 0.15) is 25.3 Å². The Morgan fingerprint density at radius 1 is 1.52 bits per heavy atom. The number of carboxylic acids is 1. The van der Waals surface area contributed by atoms with E-state index < -0.39 is 5.97 Å². The highest BCUT2D eigenvalue weighted by Crippen LogP contribution is 2.20. The summed E-state index contributed by atoms with van der Waals surface area (Å²) >= 11 is 0. The fourth-order valence-electron chi connectivity index (χ4n) is 2.60. The van der Waals surface area contributed by atoms with E-state index in [1.165, 1.54) is 0 Å². The summed E-state index contributed by atoms with van der Waals surface area (Å²) in [6, 6.07) is 7.98. The monoisotopic (exact) mass is 289 g/mol. The van der Waals surface area contributed by atoms with Crippen LogP contribution in [0.15, 0.2) is 36.4 Å². The van der Waals surface area contributed by atoms with Gasteiger partial charge in [-0.1, -0.05) is 18.7 Å². The first-order valence-electron chi connectivity index (χ1n) is 7.36. The van der Waals surface area contributed by atoms with Crippen molar-refractivity contribution >= 4 is 5.97 Å². The van der Waals surface area contributed by atoms with E-state index in [4.69, 9.17) is 9.84 Å². The summed E-state index contributed by atoms with van der Waals surface area (Å²) in [7, 11) is 0. The van der Waals surface area contributed by atoms with Gasteiger partial charge in [0.2, 0.25) is 0 Å². The van der Waals surface area contributed by atoms with Crippen molar-refractivity contribution in [1.29, 1.82) is 0 Å². The molecule has 114 valence electrons. The first-order valence-corrected chi connectivity index (χ1v) is 7.36. The third kappa shape index (κ3) is 4.90. The summed E-state index contributed by atoms with van der Waals surface area (Å²) in [5, 5.41) is 9.13. The van der Waals surface area contributed by atoms with Gasteiger partial charge in [0.1, 0.15) is 12.4 Å². The fourth-order valence-corrected chi connectivity index (χ4v) is 2.60. The minimum atomic E-state index is -0.682. The Hall–Kier alpha value is -1.81. The van der Waals surface area contributed by atoms with Crippen molar-refractivity contribution in [3.8, 4) is 5.75 Å². The van der Waals surface area contributed by atoms with E-state index in [0.717, 1.165) is 42.8 Å². The molecule has 0 aromatic heterocycles. The largest absolute Gasteiger partial charge is 0.489 e. The molecule has 1 fully saturated rings. The van der Waals surface area contributed by atoms with Crippen molar-refractivity contribution in [3.63, 3.8) is 0 Å². The molecule has 0 amide bonds. The zero-order valence-corrected chi connectivity index (χ0v) is 12.5. The van der Waals surface area contributed by atoms with Gasteiger partial charge in [0.05, 0.1) is 5.92 Å². The van der Waals surface area contributed by atoms with Crippen LogP contribution in [-0.4, -0.2) is 35.7 Å². The van der Waals surface area contributed by atoms with E-state index in [9.17, 15) is 4.79 Å². The predicted octanol–water partition coefficient (Wildman–Crippen LogP) is 2.94. The van der Waals surface area contributed by atoms with Gasteiger partial charge in [-0.2, -0.15) is 0 Å². The maximum absolute atomic E-state index is 11.1. The number of benzene rings is 1. The number of ether oxygens (including phenoxy) is 1. The van der Waals surface area contributed by atoms with Gasteiger partial charge in [-0.05, 0) is 49.6 Å². The van der Waals surface area contributed by atoms with E-state index in [0.29, 0.717) is 13.2 Å². The minimum absolute atomic E-state index is 0.235. The van der Waals surface area contributed by atoms with Gasteiger partial charge < -0.3 is 9.84 Å². The van der Waals surface area contributed by atoms with E-state index in [1.807, 2.05) is 25.1 Å². The van der Waals surface area contributed by atoms with Gasteiger partial charge in [-0.25, -0.2) is 0 Å². The molecule has 21 heavy (non-hydrogen) atoms. The average molecular weight is 289 g/mol. The zero-order chi connectivity index (χ0) is 15.2. The van der Waals surface area contributed by atoms with Gasteiger partial charge >= 0.3 is 5.97 Å². The predicted molar refractivity (Wildman–Crippen MR) is 82.4 cm³/mol. The second kappa shape index (κ2) is 7.27. The van der Waals surface area contributed by atoms with Crippen molar-refractivity contribution in [2.75, 3.05) is 19.7 Å². The zero-order valence-electron chi connectivity index (χ0n) is 12.5. The number of nitrogens with zero attached hydrogens (tertiary/aromatic N) is 1. The van der Waals surface area contributed by atoms with Crippen molar-refractivity contribution in [2.45, 2.75) is 26.3 Å². The molecule has 0 bridgehead atoms. The molecule has 4 nitrogen and oxygen atoms in total. The van der Waals surface area contributed by atoms with Crippen LogP contribution in [0.5, 0.6) is 5.75 Å². The van der Waals surface area contributed by atoms with Crippen LogP contribution in [0, 0.1) is 5.92 Å². The molecule has 0 saturated carbocycles. The van der Waals surface area contributed by atoms with Gasteiger partial charge in [0.25, 0.3) is 0 Å². The lowest BCUT2D eigenvalue weighted by Crippen LogP contribution is -2.38. The maximum Gasteiger partial charge on any atom is 0.307 e. The van der Waals surface area contributed by atoms with Gasteiger partial charge in [0.15, 0.2) is 0 Å².